The third-order valence-corrected chi connectivity index (χ3v) is 3.66. The summed E-state index contributed by atoms with van der Waals surface area (Å²) in [7, 11) is 0. The fraction of sp³-hybridized carbons (Fsp3) is 0.429. The van der Waals surface area contributed by atoms with E-state index in [9.17, 15) is 0 Å². The minimum Gasteiger partial charge on any atom is -0.361 e. The second-order valence-electron chi connectivity index (χ2n) is 4.88. The van der Waals surface area contributed by atoms with Gasteiger partial charge in [-0.25, -0.2) is 0 Å². The number of aromatic amines is 1. The van der Waals surface area contributed by atoms with E-state index in [0.717, 1.165) is 6.54 Å². The van der Waals surface area contributed by atoms with E-state index in [2.05, 4.69) is 34.3 Å². The number of hydrogen-bond donors (Lipinski definition) is 2. The lowest BCUT2D eigenvalue weighted by Crippen LogP contribution is -2.18. The standard InChI is InChI=1S/C14H19N3/c15-8-11-3-4-14-13(7-11)12(9-16-14)10-17-5-1-2-6-17/h3-4,7,9,16H,1-2,5-6,8,10,15H2. The Hall–Kier alpha value is -1.32. The van der Waals surface area contributed by atoms with Crippen LogP contribution in [0.3, 0.4) is 0 Å². The van der Waals surface area contributed by atoms with Gasteiger partial charge in [-0.2, -0.15) is 0 Å². The zero-order valence-electron chi connectivity index (χ0n) is 10.1. The Kier molecular flexibility index (Phi) is 2.87. The van der Waals surface area contributed by atoms with E-state index in [-0.39, 0.29) is 0 Å². The van der Waals surface area contributed by atoms with E-state index < -0.39 is 0 Å². The fourth-order valence-electron chi connectivity index (χ4n) is 2.66. The van der Waals surface area contributed by atoms with Crippen molar-refractivity contribution in [1.82, 2.24) is 9.88 Å². The molecule has 0 spiro atoms. The number of H-pyrrole nitrogens is 1. The number of nitrogens with one attached hydrogen (secondary N) is 1. The van der Waals surface area contributed by atoms with Gasteiger partial charge in [0.2, 0.25) is 0 Å². The summed E-state index contributed by atoms with van der Waals surface area (Å²) in [5.74, 6) is 0. The van der Waals surface area contributed by atoms with Gasteiger partial charge in [0, 0.05) is 30.2 Å². The van der Waals surface area contributed by atoms with Gasteiger partial charge < -0.3 is 10.7 Å². The highest BCUT2D eigenvalue weighted by Gasteiger charge is 2.13. The third kappa shape index (κ3) is 2.08. The number of nitrogens with zero attached hydrogens (tertiary/aromatic N) is 1. The number of nitrogens with two attached hydrogens (primary N) is 1. The van der Waals surface area contributed by atoms with Crippen molar-refractivity contribution in [2.45, 2.75) is 25.9 Å². The topological polar surface area (TPSA) is 45.1 Å². The Bertz CT molecular complexity index is 509. The van der Waals surface area contributed by atoms with Gasteiger partial charge in [0.25, 0.3) is 0 Å². The molecule has 3 nitrogen and oxygen atoms in total. The van der Waals surface area contributed by atoms with Crippen LogP contribution >= 0.6 is 0 Å². The molecule has 90 valence electrons. The van der Waals surface area contributed by atoms with Crippen LogP contribution in [-0.4, -0.2) is 23.0 Å². The molecule has 3 rings (SSSR count). The number of fused-ring (bicyclic) bond motifs is 1. The van der Waals surface area contributed by atoms with Crippen LogP contribution in [0.1, 0.15) is 24.0 Å². The molecule has 2 heterocycles. The Labute approximate surface area is 102 Å². The van der Waals surface area contributed by atoms with E-state index >= 15 is 0 Å². The molecule has 1 saturated heterocycles. The maximum absolute atomic E-state index is 5.70. The van der Waals surface area contributed by atoms with Gasteiger partial charge in [0.15, 0.2) is 0 Å². The lowest BCUT2D eigenvalue weighted by Gasteiger charge is -2.13. The summed E-state index contributed by atoms with van der Waals surface area (Å²) in [6.45, 7) is 4.16. The highest BCUT2D eigenvalue weighted by molar-refractivity contribution is 5.83. The molecule has 17 heavy (non-hydrogen) atoms. The molecule has 0 atom stereocenters. The highest BCUT2D eigenvalue weighted by atomic mass is 15.1. The third-order valence-electron chi connectivity index (χ3n) is 3.66. The van der Waals surface area contributed by atoms with Gasteiger partial charge in [-0.1, -0.05) is 6.07 Å². The number of likely N-dealkylation sites (tertiary alicyclic amines) is 1. The Morgan fingerprint density at radius 1 is 1.24 bits per heavy atom. The molecule has 3 heteroatoms. The molecule has 1 aromatic carbocycles. The lowest BCUT2D eigenvalue weighted by atomic mass is 10.1. The van der Waals surface area contributed by atoms with Crippen LogP contribution in [0.5, 0.6) is 0 Å². The molecule has 2 aromatic rings. The highest BCUT2D eigenvalue weighted by Crippen LogP contribution is 2.22. The predicted molar refractivity (Wildman–Crippen MR) is 70.7 cm³/mol. The molecule has 0 amide bonds. The van der Waals surface area contributed by atoms with Gasteiger partial charge in [0.1, 0.15) is 0 Å². The van der Waals surface area contributed by atoms with Gasteiger partial charge in [0.05, 0.1) is 0 Å². The van der Waals surface area contributed by atoms with Crippen molar-refractivity contribution < 1.29 is 0 Å². The van der Waals surface area contributed by atoms with E-state index in [1.165, 1.54) is 48.0 Å². The quantitative estimate of drug-likeness (QED) is 0.847. The van der Waals surface area contributed by atoms with Gasteiger partial charge in [-0.05, 0) is 49.2 Å². The van der Waals surface area contributed by atoms with Crippen molar-refractivity contribution in [3.63, 3.8) is 0 Å². The van der Waals surface area contributed by atoms with E-state index in [1.54, 1.807) is 0 Å². The maximum Gasteiger partial charge on any atom is 0.0457 e. The molecule has 0 unspecified atom stereocenters. The van der Waals surface area contributed by atoms with Crippen molar-refractivity contribution in [2.75, 3.05) is 13.1 Å². The molecular formula is C14H19N3. The first-order valence-corrected chi connectivity index (χ1v) is 6.38. The molecule has 0 saturated carbocycles. The maximum atomic E-state index is 5.70. The predicted octanol–water partition coefficient (Wildman–Crippen LogP) is 2.22. The molecule has 1 aliphatic rings. The molecule has 0 aliphatic carbocycles. The van der Waals surface area contributed by atoms with Crippen molar-refractivity contribution in [3.05, 3.63) is 35.5 Å². The number of benzene rings is 1. The molecule has 1 aromatic heterocycles. The molecule has 0 radical (unpaired) electrons. The number of rotatable bonds is 3. The first-order chi connectivity index (χ1) is 8.36. The summed E-state index contributed by atoms with van der Waals surface area (Å²) in [5.41, 5.74) is 9.53. The smallest absolute Gasteiger partial charge is 0.0457 e. The molecule has 3 N–H and O–H groups in total. The minimum atomic E-state index is 0.615. The van der Waals surface area contributed by atoms with Crippen molar-refractivity contribution in [3.8, 4) is 0 Å². The van der Waals surface area contributed by atoms with E-state index in [1.807, 2.05) is 0 Å². The summed E-state index contributed by atoms with van der Waals surface area (Å²) in [6, 6.07) is 6.45. The van der Waals surface area contributed by atoms with Crippen LogP contribution in [0.15, 0.2) is 24.4 Å². The van der Waals surface area contributed by atoms with Crippen LogP contribution in [0.4, 0.5) is 0 Å². The normalized spacial score (nSPS) is 17.0. The second-order valence-corrected chi connectivity index (χ2v) is 4.88. The minimum absolute atomic E-state index is 0.615. The second kappa shape index (κ2) is 4.51. The average Bonchev–Trinajstić information content (AvgIpc) is 2.99. The SMILES string of the molecule is NCc1ccc2[nH]cc(CN3CCCC3)c2c1. The fourth-order valence-corrected chi connectivity index (χ4v) is 2.66. The summed E-state index contributed by atoms with van der Waals surface area (Å²) >= 11 is 0. The molecule has 1 fully saturated rings. The number of aromatic nitrogens is 1. The van der Waals surface area contributed by atoms with E-state index in [0.29, 0.717) is 6.54 Å². The van der Waals surface area contributed by atoms with Crippen LogP contribution in [0, 0.1) is 0 Å². The number of hydrogen-bond acceptors (Lipinski definition) is 2. The van der Waals surface area contributed by atoms with Gasteiger partial charge in [-0.15, -0.1) is 0 Å². The zero-order valence-corrected chi connectivity index (χ0v) is 10.1. The Balaban J connectivity index is 1.92. The molecule has 0 bridgehead atoms. The Morgan fingerprint density at radius 3 is 2.82 bits per heavy atom. The summed E-state index contributed by atoms with van der Waals surface area (Å²) in [6.07, 6.45) is 4.83. The molecule has 1 aliphatic heterocycles. The van der Waals surface area contributed by atoms with Gasteiger partial charge in [-0.3, -0.25) is 4.90 Å². The van der Waals surface area contributed by atoms with Gasteiger partial charge >= 0.3 is 0 Å². The van der Waals surface area contributed by atoms with Crippen molar-refractivity contribution in [1.29, 1.82) is 0 Å². The summed E-state index contributed by atoms with van der Waals surface area (Å²) in [5, 5.41) is 1.33. The Morgan fingerprint density at radius 2 is 2.06 bits per heavy atom. The van der Waals surface area contributed by atoms with Crippen LogP contribution < -0.4 is 5.73 Å². The van der Waals surface area contributed by atoms with Crippen molar-refractivity contribution in [2.24, 2.45) is 5.73 Å². The van der Waals surface area contributed by atoms with Crippen LogP contribution in [0.2, 0.25) is 0 Å². The summed E-state index contributed by atoms with van der Waals surface area (Å²) in [4.78, 5) is 5.87. The van der Waals surface area contributed by atoms with Crippen LogP contribution in [0.25, 0.3) is 10.9 Å². The lowest BCUT2D eigenvalue weighted by molar-refractivity contribution is 0.332. The average molecular weight is 229 g/mol. The first kappa shape index (κ1) is 10.8. The zero-order chi connectivity index (χ0) is 11.7. The molecular weight excluding hydrogens is 210 g/mol. The van der Waals surface area contributed by atoms with E-state index in [4.69, 9.17) is 5.73 Å². The largest absolute Gasteiger partial charge is 0.361 e. The monoisotopic (exact) mass is 229 g/mol. The summed E-state index contributed by atoms with van der Waals surface area (Å²) < 4.78 is 0. The van der Waals surface area contributed by atoms with Crippen LogP contribution in [-0.2, 0) is 13.1 Å². The van der Waals surface area contributed by atoms with Crippen molar-refractivity contribution >= 4 is 10.9 Å². The first-order valence-electron chi connectivity index (χ1n) is 6.38.